The molecule has 0 aromatic carbocycles. The molecule has 3 N–H and O–H groups in total. The van der Waals surface area contributed by atoms with Crippen LogP contribution in [0.2, 0.25) is 0 Å². The van der Waals surface area contributed by atoms with E-state index in [1.165, 1.54) is 32.1 Å². The number of anilines is 3. The quantitative estimate of drug-likeness (QED) is 0.889. The summed E-state index contributed by atoms with van der Waals surface area (Å²) in [6.45, 7) is 6.67. The molecule has 2 unspecified atom stereocenters. The zero-order valence-corrected chi connectivity index (χ0v) is 13.0. The van der Waals surface area contributed by atoms with Crippen LogP contribution >= 0.6 is 0 Å². The van der Waals surface area contributed by atoms with E-state index in [1.54, 1.807) is 0 Å². The van der Waals surface area contributed by atoms with E-state index in [0.29, 0.717) is 17.9 Å². The summed E-state index contributed by atoms with van der Waals surface area (Å²) in [5.74, 6) is 3.17. The van der Waals surface area contributed by atoms with Gasteiger partial charge in [-0.3, -0.25) is 0 Å². The fourth-order valence-corrected chi connectivity index (χ4v) is 3.75. The number of hydrogen-bond donors (Lipinski definition) is 2. The van der Waals surface area contributed by atoms with Crippen molar-refractivity contribution in [3.05, 3.63) is 0 Å². The summed E-state index contributed by atoms with van der Waals surface area (Å²) >= 11 is 0. The highest BCUT2D eigenvalue weighted by Crippen LogP contribution is 2.30. The molecule has 1 aromatic rings. The Hall–Kier alpha value is -1.59. The molecule has 2 atom stereocenters. The molecule has 1 saturated heterocycles. The fraction of sp³-hybridized carbons (Fsp3) is 0.800. The van der Waals surface area contributed by atoms with Crippen LogP contribution in [0, 0.1) is 11.8 Å². The van der Waals surface area contributed by atoms with Gasteiger partial charge in [-0.05, 0) is 43.9 Å². The van der Waals surface area contributed by atoms with Crippen LogP contribution in [-0.2, 0) is 0 Å². The van der Waals surface area contributed by atoms with Crippen LogP contribution in [0.5, 0.6) is 0 Å². The van der Waals surface area contributed by atoms with E-state index in [2.05, 4.69) is 39.0 Å². The summed E-state index contributed by atoms with van der Waals surface area (Å²) < 4.78 is 0. The number of nitrogens with zero attached hydrogens (tertiary/aromatic N) is 4. The maximum Gasteiger partial charge on any atom is 0.231 e. The summed E-state index contributed by atoms with van der Waals surface area (Å²) in [6.07, 6.45) is 6.07. The maximum atomic E-state index is 5.86. The van der Waals surface area contributed by atoms with E-state index >= 15 is 0 Å². The van der Waals surface area contributed by atoms with Crippen molar-refractivity contribution in [3.63, 3.8) is 0 Å². The molecule has 21 heavy (non-hydrogen) atoms. The average molecular weight is 290 g/mol. The third kappa shape index (κ3) is 3.54. The molecular formula is C15H26N6. The first kappa shape index (κ1) is 14.4. The first-order chi connectivity index (χ1) is 10.1. The number of rotatable bonds is 3. The molecule has 2 heterocycles. The Bertz CT molecular complexity index is 475. The van der Waals surface area contributed by atoms with E-state index in [9.17, 15) is 0 Å². The highest BCUT2D eigenvalue weighted by molar-refractivity contribution is 5.42. The highest BCUT2D eigenvalue weighted by atomic mass is 15.3. The summed E-state index contributed by atoms with van der Waals surface area (Å²) in [7, 11) is 0. The van der Waals surface area contributed by atoms with Crippen LogP contribution in [0.1, 0.15) is 46.0 Å². The maximum absolute atomic E-state index is 5.86. The molecule has 0 bridgehead atoms. The topological polar surface area (TPSA) is 80.0 Å². The lowest BCUT2D eigenvalue weighted by atomic mass is 9.80. The lowest BCUT2D eigenvalue weighted by Gasteiger charge is -2.32. The number of nitrogen functional groups attached to an aromatic ring is 1. The second-order valence-electron chi connectivity index (χ2n) is 6.77. The normalized spacial score (nSPS) is 29.6. The number of aromatic nitrogens is 3. The first-order valence-corrected chi connectivity index (χ1v) is 8.13. The smallest absolute Gasteiger partial charge is 0.231 e. The predicted molar refractivity (Wildman–Crippen MR) is 85.3 cm³/mol. The predicted octanol–water partition coefficient (Wildman–Crippen LogP) is 2.29. The zero-order chi connectivity index (χ0) is 14.8. The Labute approximate surface area is 126 Å². The van der Waals surface area contributed by atoms with Gasteiger partial charge in [0.2, 0.25) is 17.8 Å². The van der Waals surface area contributed by atoms with Gasteiger partial charge >= 0.3 is 0 Å². The minimum Gasteiger partial charge on any atom is -0.368 e. The first-order valence-electron chi connectivity index (χ1n) is 8.13. The fourth-order valence-electron chi connectivity index (χ4n) is 3.75. The molecule has 0 amide bonds. The van der Waals surface area contributed by atoms with Crippen molar-refractivity contribution in [3.8, 4) is 0 Å². The van der Waals surface area contributed by atoms with Crippen molar-refractivity contribution in [2.24, 2.45) is 11.8 Å². The van der Waals surface area contributed by atoms with Gasteiger partial charge < -0.3 is 16.0 Å². The van der Waals surface area contributed by atoms with Gasteiger partial charge in [-0.15, -0.1) is 0 Å². The second-order valence-corrected chi connectivity index (χ2v) is 6.77. The third-order valence-electron chi connectivity index (χ3n) is 4.54. The van der Waals surface area contributed by atoms with Crippen molar-refractivity contribution in [1.29, 1.82) is 0 Å². The van der Waals surface area contributed by atoms with Gasteiger partial charge in [-0.1, -0.05) is 13.8 Å². The molecule has 1 aromatic heterocycles. The third-order valence-corrected chi connectivity index (χ3v) is 4.54. The molecule has 2 fully saturated rings. The summed E-state index contributed by atoms with van der Waals surface area (Å²) in [5, 5.41) is 3.48. The zero-order valence-electron chi connectivity index (χ0n) is 13.0. The van der Waals surface area contributed by atoms with Crippen molar-refractivity contribution in [2.45, 2.75) is 52.0 Å². The van der Waals surface area contributed by atoms with Gasteiger partial charge in [0.05, 0.1) is 0 Å². The molecule has 2 aliphatic rings. The number of nitrogens with two attached hydrogens (primary N) is 1. The summed E-state index contributed by atoms with van der Waals surface area (Å²) in [6, 6.07) is 0.442. The molecule has 6 heteroatoms. The van der Waals surface area contributed by atoms with E-state index in [4.69, 9.17) is 5.73 Å². The Morgan fingerprint density at radius 2 is 1.67 bits per heavy atom. The van der Waals surface area contributed by atoms with Gasteiger partial charge in [-0.25, -0.2) is 0 Å². The minimum atomic E-state index is 0.311. The molecule has 3 rings (SSSR count). The van der Waals surface area contributed by atoms with Crippen molar-refractivity contribution >= 4 is 17.8 Å². The molecule has 1 aliphatic carbocycles. The molecule has 116 valence electrons. The van der Waals surface area contributed by atoms with Gasteiger partial charge in [0.1, 0.15) is 0 Å². The van der Waals surface area contributed by atoms with Crippen molar-refractivity contribution < 1.29 is 0 Å². The average Bonchev–Trinajstić information content (AvgIpc) is 2.90. The lowest BCUT2D eigenvalue weighted by molar-refractivity contribution is 0.280. The minimum absolute atomic E-state index is 0.311. The molecular weight excluding hydrogens is 264 g/mol. The van der Waals surface area contributed by atoms with E-state index in [-0.39, 0.29) is 0 Å². The Balaban J connectivity index is 1.72. The van der Waals surface area contributed by atoms with E-state index in [1.807, 2.05) is 0 Å². The molecule has 0 radical (unpaired) electrons. The lowest BCUT2D eigenvalue weighted by Crippen LogP contribution is -2.31. The monoisotopic (exact) mass is 290 g/mol. The highest BCUT2D eigenvalue weighted by Gasteiger charge is 2.25. The second kappa shape index (κ2) is 6.03. The number of nitrogens with one attached hydrogen (secondary N) is 1. The molecule has 1 aliphatic heterocycles. The SMILES string of the molecule is CC1CC(C)CC(Nc2nc(N)nc(N3CCCC3)n2)C1. The standard InChI is InChI=1S/C15H26N6/c1-10-7-11(2)9-12(8-10)17-14-18-13(16)19-15(20-14)21-5-3-4-6-21/h10-12H,3-9H2,1-2H3,(H3,16,17,18,19,20). The van der Waals surface area contributed by atoms with Crippen LogP contribution in [-0.4, -0.2) is 34.1 Å². The van der Waals surface area contributed by atoms with E-state index < -0.39 is 0 Å². The van der Waals surface area contributed by atoms with Crippen LogP contribution in [0.3, 0.4) is 0 Å². The molecule has 0 spiro atoms. The summed E-state index contributed by atoms with van der Waals surface area (Å²) in [5.41, 5.74) is 5.86. The van der Waals surface area contributed by atoms with Crippen LogP contribution in [0.15, 0.2) is 0 Å². The largest absolute Gasteiger partial charge is 0.368 e. The van der Waals surface area contributed by atoms with Crippen LogP contribution in [0.4, 0.5) is 17.8 Å². The summed E-state index contributed by atoms with van der Waals surface area (Å²) in [4.78, 5) is 15.3. The Kier molecular flexibility index (Phi) is 4.12. The van der Waals surface area contributed by atoms with Gasteiger partial charge in [0.25, 0.3) is 0 Å². The Morgan fingerprint density at radius 3 is 2.33 bits per heavy atom. The number of hydrogen-bond acceptors (Lipinski definition) is 6. The molecule has 1 saturated carbocycles. The molecule has 6 nitrogen and oxygen atoms in total. The van der Waals surface area contributed by atoms with Gasteiger partial charge in [-0.2, -0.15) is 15.0 Å². The van der Waals surface area contributed by atoms with Crippen molar-refractivity contribution in [1.82, 2.24) is 15.0 Å². The van der Waals surface area contributed by atoms with Crippen LogP contribution in [0.25, 0.3) is 0 Å². The van der Waals surface area contributed by atoms with E-state index in [0.717, 1.165) is 30.9 Å². The van der Waals surface area contributed by atoms with Crippen LogP contribution < -0.4 is 16.0 Å². The van der Waals surface area contributed by atoms with Crippen molar-refractivity contribution in [2.75, 3.05) is 29.0 Å². The van der Waals surface area contributed by atoms with Gasteiger partial charge in [0, 0.05) is 19.1 Å². The Morgan fingerprint density at radius 1 is 1.00 bits per heavy atom. The van der Waals surface area contributed by atoms with Gasteiger partial charge in [0.15, 0.2) is 0 Å².